The molecule has 0 atom stereocenters. The summed E-state index contributed by atoms with van der Waals surface area (Å²) < 4.78 is 0. The van der Waals surface area contributed by atoms with Crippen molar-refractivity contribution in [2.24, 2.45) is 0 Å². The molecule has 0 aromatic rings. The fourth-order valence-corrected chi connectivity index (χ4v) is 0. The van der Waals surface area contributed by atoms with E-state index >= 15 is 0 Å². The molecule has 0 aromatic heterocycles. The molecule has 0 nitrogen and oxygen atoms in total. The van der Waals surface area contributed by atoms with E-state index in [1.54, 1.807) is 0 Å². The van der Waals surface area contributed by atoms with E-state index in [9.17, 15) is 0 Å². The normalized spacial score (nSPS) is 0. The molecule has 23 valence electrons. The van der Waals surface area contributed by atoms with Crippen molar-refractivity contribution in [2.45, 2.75) is 0 Å². The summed E-state index contributed by atoms with van der Waals surface area (Å²) in [6.45, 7) is 0. The van der Waals surface area contributed by atoms with Crippen molar-refractivity contribution in [3.05, 3.63) is 0 Å². The van der Waals surface area contributed by atoms with E-state index in [-0.39, 0.29) is 121 Å². The van der Waals surface area contributed by atoms with Crippen molar-refractivity contribution in [2.75, 3.05) is 0 Å². The molecule has 0 amide bonds. The Kier molecular flexibility index (Phi) is 98.0. The van der Waals surface area contributed by atoms with E-state index in [1.807, 2.05) is 0 Å². The summed E-state index contributed by atoms with van der Waals surface area (Å²) in [5.41, 5.74) is 0. The van der Waals surface area contributed by atoms with Crippen LogP contribution in [0.2, 0.25) is 0 Å². The van der Waals surface area contributed by atoms with Crippen LogP contribution in [-0.2, 0) is 34.1 Å². The zero-order chi connectivity index (χ0) is 0. The summed E-state index contributed by atoms with van der Waals surface area (Å²) in [5.74, 6) is 0. The van der Waals surface area contributed by atoms with Crippen molar-refractivity contribution in [3.8, 4) is 0 Å². The molecule has 0 aromatic carbocycles. The van der Waals surface area contributed by atoms with E-state index in [0.29, 0.717) is 0 Å². The van der Waals surface area contributed by atoms with Crippen molar-refractivity contribution in [1.29, 1.82) is 0 Å². The Balaban J connectivity index is 0. The van der Waals surface area contributed by atoms with Crippen LogP contribution >= 0.6 is 0 Å². The van der Waals surface area contributed by atoms with Gasteiger partial charge in [-0.2, -0.15) is 0 Å². The molecule has 3 radical (unpaired) electrons. The average molecular weight is 297 g/mol. The zero-order valence-electron chi connectivity index (χ0n) is 1.26. The van der Waals surface area contributed by atoms with Gasteiger partial charge in [-0.15, -0.1) is 0 Å². The molecule has 0 saturated heterocycles. The van der Waals surface area contributed by atoms with E-state index < -0.39 is 0 Å². The average Bonchev–Trinajstić information content (AvgIpc) is 0. The molecule has 0 bridgehead atoms. The zero-order valence-corrected chi connectivity index (χ0v) is 7.00. The van der Waals surface area contributed by atoms with Gasteiger partial charge in [0.25, 0.3) is 0 Å². The molecule has 4 heavy (non-hydrogen) atoms. The fourth-order valence-electron chi connectivity index (χ4n) is 0. The Morgan fingerprint density at radius 1 is 1.00 bits per heavy atom. The maximum absolute atomic E-state index is 0. The summed E-state index contributed by atoms with van der Waals surface area (Å²) in [7, 11) is 0. The van der Waals surface area contributed by atoms with Crippen molar-refractivity contribution >= 4 is 51.4 Å². The third kappa shape index (κ3) is 9.30. The van der Waals surface area contributed by atoms with Gasteiger partial charge in [-0.05, 0) is 0 Å². The largest absolute Gasteiger partial charge is 0 e. The van der Waals surface area contributed by atoms with E-state index in [0.717, 1.165) is 0 Å². The molecule has 0 spiro atoms. The molecule has 0 heterocycles. The van der Waals surface area contributed by atoms with Crippen molar-refractivity contribution in [1.82, 2.24) is 0 Å². The second kappa shape index (κ2) is 15.8. The van der Waals surface area contributed by atoms with Gasteiger partial charge in [-0.3, -0.25) is 0 Å². The molecule has 0 N–H and O–H groups in total. The third-order valence-corrected chi connectivity index (χ3v) is 0. The van der Waals surface area contributed by atoms with Crippen LogP contribution in [0.3, 0.4) is 0 Å². The molecule has 0 aliphatic heterocycles. The summed E-state index contributed by atoms with van der Waals surface area (Å²) in [6.07, 6.45) is 0. The van der Waals surface area contributed by atoms with Crippen LogP contribution in [0.5, 0.6) is 0 Å². The standard InChI is InChI=1S/Cu.K.La.Mn.H. The van der Waals surface area contributed by atoms with Gasteiger partial charge in [0.05, 0.1) is 0 Å². The Bertz CT molecular complexity index is 8.00. The van der Waals surface area contributed by atoms with Crippen LogP contribution in [0.25, 0.3) is 0 Å². The van der Waals surface area contributed by atoms with Crippen LogP contribution in [-0.4, -0.2) is 51.4 Å². The molecule has 0 unspecified atom stereocenters. The van der Waals surface area contributed by atoms with E-state index in [2.05, 4.69) is 0 Å². The molecular weight excluding hydrogens is 296 g/mol. The molecule has 0 saturated carbocycles. The molecule has 0 aliphatic rings. The number of hydrogen-bond donors (Lipinski definition) is 0. The van der Waals surface area contributed by atoms with Crippen LogP contribution in [0.15, 0.2) is 0 Å². The van der Waals surface area contributed by atoms with Crippen molar-refractivity contribution < 1.29 is 69.7 Å². The van der Waals surface area contributed by atoms with Gasteiger partial charge in [0.15, 0.2) is 0 Å². The SMILES string of the molecule is [Cu].[KH].[La].[Mn]. The van der Waals surface area contributed by atoms with Crippen LogP contribution in [0.4, 0.5) is 0 Å². The van der Waals surface area contributed by atoms with Crippen LogP contribution in [0, 0.1) is 35.6 Å². The van der Waals surface area contributed by atoms with Gasteiger partial charge in [0, 0.05) is 69.7 Å². The van der Waals surface area contributed by atoms with Gasteiger partial charge in [0.1, 0.15) is 0 Å². The first-order chi connectivity index (χ1) is 0. The number of rotatable bonds is 0. The monoisotopic (exact) mass is 297 g/mol. The van der Waals surface area contributed by atoms with Gasteiger partial charge in [-0.25, -0.2) is 0 Å². The van der Waals surface area contributed by atoms with E-state index in [4.69, 9.17) is 0 Å². The Morgan fingerprint density at radius 3 is 1.00 bits per heavy atom. The Morgan fingerprint density at radius 2 is 1.00 bits per heavy atom. The first-order valence-electron chi connectivity index (χ1n) is 0. The summed E-state index contributed by atoms with van der Waals surface area (Å²) >= 11 is 0. The minimum Gasteiger partial charge on any atom is 0 e. The van der Waals surface area contributed by atoms with Crippen LogP contribution in [0.1, 0.15) is 0 Å². The van der Waals surface area contributed by atoms with E-state index in [1.165, 1.54) is 0 Å². The molecule has 0 aliphatic carbocycles. The second-order valence-electron chi connectivity index (χ2n) is 0. The maximum atomic E-state index is 0. The molecule has 4 heteroatoms. The first kappa shape index (κ1) is 24.8. The van der Waals surface area contributed by atoms with Crippen molar-refractivity contribution in [3.63, 3.8) is 0 Å². The van der Waals surface area contributed by atoms with Gasteiger partial charge in [0.2, 0.25) is 0 Å². The molecule has 0 fully saturated rings. The Hall–Kier alpha value is 3.87. The predicted molar refractivity (Wildman–Crippen MR) is 7.15 cm³/mol. The predicted octanol–water partition coefficient (Wildman–Crippen LogP) is -0.653. The quantitative estimate of drug-likeness (QED) is 0.521. The third-order valence-electron chi connectivity index (χ3n) is 0. The molecule has 0 rings (SSSR count). The summed E-state index contributed by atoms with van der Waals surface area (Å²) in [5, 5.41) is 0. The maximum Gasteiger partial charge on any atom is 0 e. The topological polar surface area (TPSA) is 0 Å². The second-order valence-corrected chi connectivity index (χ2v) is 0. The minimum atomic E-state index is 0. The molecular formula is HCuKLaMn. The van der Waals surface area contributed by atoms with Crippen LogP contribution < -0.4 is 0 Å². The fraction of sp³-hybridized carbons (Fsp3) is 0. The van der Waals surface area contributed by atoms with Gasteiger partial charge >= 0.3 is 51.4 Å². The number of hydrogen-bond acceptors (Lipinski definition) is 0. The van der Waals surface area contributed by atoms with Gasteiger partial charge in [-0.1, -0.05) is 0 Å². The smallest absolute Gasteiger partial charge is 0 e. The van der Waals surface area contributed by atoms with Gasteiger partial charge < -0.3 is 0 Å². The summed E-state index contributed by atoms with van der Waals surface area (Å²) in [6, 6.07) is 0. The first-order valence-corrected chi connectivity index (χ1v) is 0. The summed E-state index contributed by atoms with van der Waals surface area (Å²) in [4.78, 5) is 0. The minimum absolute atomic E-state index is 0. The Labute approximate surface area is 118 Å².